The predicted octanol–water partition coefficient (Wildman–Crippen LogP) is 2.23. The van der Waals surface area contributed by atoms with Crippen LogP contribution < -0.4 is 15.4 Å². The molecule has 4 nitrogen and oxygen atoms in total. The van der Waals surface area contributed by atoms with Crippen LogP contribution in [0.25, 0.3) is 0 Å². The summed E-state index contributed by atoms with van der Waals surface area (Å²) >= 11 is 0. The van der Waals surface area contributed by atoms with Crippen LogP contribution in [0.2, 0.25) is 0 Å². The number of ether oxygens (including phenoxy) is 1. The third-order valence-electron chi connectivity index (χ3n) is 2.55. The molecule has 0 heterocycles. The Morgan fingerprint density at radius 2 is 1.95 bits per heavy atom. The quantitative estimate of drug-likeness (QED) is 0.806. The Bertz CT molecular complexity index is 447. The van der Waals surface area contributed by atoms with Crippen molar-refractivity contribution in [3.8, 4) is 5.75 Å². The largest absolute Gasteiger partial charge is 0.480 e. The van der Waals surface area contributed by atoms with Crippen LogP contribution in [0.15, 0.2) is 18.2 Å². The molecule has 112 valence electrons. The van der Waals surface area contributed by atoms with E-state index in [0.29, 0.717) is 12.1 Å². The van der Waals surface area contributed by atoms with Gasteiger partial charge in [0.15, 0.2) is 18.2 Å². The lowest BCUT2D eigenvalue weighted by Crippen LogP contribution is -2.34. The number of nitrogens with one attached hydrogen (secondary N) is 2. The molecule has 0 spiro atoms. The van der Waals surface area contributed by atoms with Crippen molar-refractivity contribution in [1.82, 2.24) is 10.6 Å². The molecule has 0 aromatic heterocycles. The highest BCUT2D eigenvalue weighted by Gasteiger charge is 2.12. The van der Waals surface area contributed by atoms with Gasteiger partial charge in [-0.05, 0) is 19.9 Å². The predicted molar refractivity (Wildman–Crippen MR) is 77.1 cm³/mol. The number of carbonyl (C=O) groups excluding carboxylic acids is 1. The van der Waals surface area contributed by atoms with Crippen molar-refractivity contribution < 1.29 is 13.9 Å². The molecule has 0 aliphatic rings. The van der Waals surface area contributed by atoms with Crippen LogP contribution in [0.4, 0.5) is 4.39 Å². The molecule has 1 rings (SSSR count). The maximum atomic E-state index is 13.8. The van der Waals surface area contributed by atoms with Crippen molar-refractivity contribution in [2.24, 2.45) is 0 Å². The number of benzene rings is 1. The fraction of sp³-hybridized carbons (Fsp3) is 0.533. The Morgan fingerprint density at radius 1 is 1.25 bits per heavy atom. The van der Waals surface area contributed by atoms with Crippen molar-refractivity contribution in [3.05, 3.63) is 29.6 Å². The number of para-hydroxylation sites is 1. The maximum Gasteiger partial charge on any atom is 0.258 e. The van der Waals surface area contributed by atoms with Gasteiger partial charge in [0, 0.05) is 24.2 Å². The van der Waals surface area contributed by atoms with Gasteiger partial charge < -0.3 is 15.4 Å². The number of rotatable bonds is 7. The zero-order valence-corrected chi connectivity index (χ0v) is 12.5. The molecule has 0 aliphatic heterocycles. The van der Waals surface area contributed by atoms with Gasteiger partial charge in [0.05, 0.1) is 0 Å². The van der Waals surface area contributed by atoms with Gasteiger partial charge in [0.25, 0.3) is 5.91 Å². The van der Waals surface area contributed by atoms with E-state index >= 15 is 0 Å². The highest BCUT2D eigenvalue weighted by molar-refractivity contribution is 5.77. The Hall–Kier alpha value is -1.62. The minimum absolute atomic E-state index is 0.0359. The van der Waals surface area contributed by atoms with Crippen LogP contribution in [-0.2, 0) is 11.3 Å². The summed E-state index contributed by atoms with van der Waals surface area (Å²) in [5.74, 6) is -0.573. The lowest BCUT2D eigenvalue weighted by Gasteiger charge is -2.15. The summed E-state index contributed by atoms with van der Waals surface area (Å²) in [7, 11) is 0. The summed E-state index contributed by atoms with van der Waals surface area (Å²) < 4.78 is 19.1. The van der Waals surface area contributed by atoms with Crippen molar-refractivity contribution >= 4 is 5.91 Å². The zero-order chi connectivity index (χ0) is 15.1. The Labute approximate surface area is 119 Å². The lowest BCUT2D eigenvalue weighted by atomic mass is 10.2. The summed E-state index contributed by atoms with van der Waals surface area (Å²) in [5, 5.41) is 5.90. The monoisotopic (exact) mass is 282 g/mol. The van der Waals surface area contributed by atoms with E-state index in [9.17, 15) is 9.18 Å². The summed E-state index contributed by atoms with van der Waals surface area (Å²) in [6, 6.07) is 5.07. The smallest absolute Gasteiger partial charge is 0.258 e. The summed E-state index contributed by atoms with van der Waals surface area (Å²) in [4.78, 5) is 11.5. The summed E-state index contributed by atoms with van der Waals surface area (Å²) in [6.07, 6.45) is 0. The Balaban J connectivity index is 2.70. The van der Waals surface area contributed by atoms with Crippen molar-refractivity contribution in [1.29, 1.82) is 0 Å². The Morgan fingerprint density at radius 3 is 2.55 bits per heavy atom. The second-order valence-corrected chi connectivity index (χ2v) is 5.27. The van der Waals surface area contributed by atoms with Gasteiger partial charge in [-0.25, -0.2) is 4.39 Å². The van der Waals surface area contributed by atoms with Crippen LogP contribution in [-0.4, -0.2) is 24.6 Å². The molecule has 5 heteroatoms. The van der Waals surface area contributed by atoms with Crippen LogP contribution in [0.1, 0.15) is 33.3 Å². The average Bonchev–Trinajstić information content (AvgIpc) is 2.34. The first kappa shape index (κ1) is 16.4. The van der Waals surface area contributed by atoms with Gasteiger partial charge in [-0.3, -0.25) is 4.79 Å². The van der Waals surface area contributed by atoms with E-state index in [1.54, 1.807) is 12.1 Å². The first-order valence-electron chi connectivity index (χ1n) is 6.83. The number of hydrogen-bond acceptors (Lipinski definition) is 3. The Kier molecular flexibility index (Phi) is 6.45. The van der Waals surface area contributed by atoms with E-state index in [0.717, 1.165) is 0 Å². The van der Waals surface area contributed by atoms with Crippen molar-refractivity contribution in [2.45, 2.75) is 46.3 Å². The van der Waals surface area contributed by atoms with Gasteiger partial charge in [0.1, 0.15) is 0 Å². The minimum atomic E-state index is -0.453. The summed E-state index contributed by atoms with van der Waals surface area (Å²) in [5.41, 5.74) is 0.705. The average molecular weight is 282 g/mol. The number of halogens is 1. The molecule has 0 radical (unpaired) electrons. The van der Waals surface area contributed by atoms with Gasteiger partial charge in [-0.2, -0.15) is 0 Å². The molecule has 0 atom stereocenters. The third kappa shape index (κ3) is 5.57. The van der Waals surface area contributed by atoms with E-state index in [1.165, 1.54) is 6.07 Å². The SMILES string of the molecule is CC(C)NCc1cccc(F)c1OCC(=O)NC(C)C. The zero-order valence-electron chi connectivity index (χ0n) is 12.5. The van der Waals surface area contributed by atoms with E-state index in [4.69, 9.17) is 4.74 Å². The van der Waals surface area contributed by atoms with E-state index in [2.05, 4.69) is 10.6 Å². The fourth-order valence-corrected chi connectivity index (χ4v) is 1.67. The molecular weight excluding hydrogens is 259 g/mol. The van der Waals surface area contributed by atoms with Crippen molar-refractivity contribution in [2.75, 3.05) is 6.61 Å². The molecule has 0 fully saturated rings. The lowest BCUT2D eigenvalue weighted by molar-refractivity contribution is -0.123. The fourth-order valence-electron chi connectivity index (χ4n) is 1.67. The second-order valence-electron chi connectivity index (χ2n) is 5.27. The minimum Gasteiger partial charge on any atom is -0.480 e. The maximum absolute atomic E-state index is 13.8. The third-order valence-corrected chi connectivity index (χ3v) is 2.55. The van der Waals surface area contributed by atoms with E-state index < -0.39 is 5.82 Å². The number of amides is 1. The standard InChI is InChI=1S/C15H23FN2O2/c1-10(2)17-8-12-6-5-7-13(16)15(12)20-9-14(19)18-11(3)4/h5-7,10-11,17H,8-9H2,1-4H3,(H,18,19). The molecule has 0 saturated heterocycles. The van der Waals surface area contributed by atoms with Gasteiger partial charge in [0.2, 0.25) is 0 Å². The molecule has 0 saturated carbocycles. The highest BCUT2D eigenvalue weighted by Crippen LogP contribution is 2.22. The molecule has 20 heavy (non-hydrogen) atoms. The van der Waals surface area contributed by atoms with Crippen LogP contribution in [0.5, 0.6) is 5.75 Å². The highest BCUT2D eigenvalue weighted by atomic mass is 19.1. The molecule has 0 unspecified atom stereocenters. The van der Waals surface area contributed by atoms with Crippen molar-refractivity contribution in [3.63, 3.8) is 0 Å². The van der Waals surface area contributed by atoms with Crippen LogP contribution in [0, 0.1) is 5.82 Å². The molecule has 0 aliphatic carbocycles. The molecule has 1 aromatic carbocycles. The van der Waals surface area contributed by atoms with E-state index in [1.807, 2.05) is 27.7 Å². The van der Waals surface area contributed by atoms with Crippen LogP contribution >= 0.6 is 0 Å². The van der Waals surface area contributed by atoms with Gasteiger partial charge >= 0.3 is 0 Å². The first-order chi connectivity index (χ1) is 9.40. The van der Waals surface area contributed by atoms with E-state index in [-0.39, 0.29) is 30.3 Å². The molecule has 1 amide bonds. The van der Waals surface area contributed by atoms with Gasteiger partial charge in [-0.15, -0.1) is 0 Å². The van der Waals surface area contributed by atoms with Crippen LogP contribution in [0.3, 0.4) is 0 Å². The molecule has 0 bridgehead atoms. The molecular formula is C15H23FN2O2. The topological polar surface area (TPSA) is 50.4 Å². The molecule has 2 N–H and O–H groups in total. The second kappa shape index (κ2) is 7.85. The normalized spacial score (nSPS) is 10.9. The number of hydrogen-bond donors (Lipinski definition) is 2. The summed E-state index contributed by atoms with van der Waals surface area (Å²) in [6.45, 7) is 8.05. The first-order valence-corrected chi connectivity index (χ1v) is 6.83. The number of carbonyl (C=O) groups is 1. The molecule has 1 aromatic rings. The van der Waals surface area contributed by atoms with Gasteiger partial charge in [-0.1, -0.05) is 26.0 Å².